The maximum Gasteiger partial charge on any atom is 0.309 e. The van der Waals surface area contributed by atoms with Gasteiger partial charge in [0.1, 0.15) is 11.1 Å². The molecular weight excluding hydrogens is 350 g/mol. The first-order valence-electron chi connectivity index (χ1n) is 8.86. The van der Waals surface area contributed by atoms with Gasteiger partial charge in [-0.3, -0.25) is 9.59 Å². The first kappa shape index (κ1) is 18.9. The van der Waals surface area contributed by atoms with E-state index in [1.807, 2.05) is 6.92 Å². The van der Waals surface area contributed by atoms with E-state index in [0.29, 0.717) is 16.5 Å². The number of anilines is 1. The third-order valence-corrected chi connectivity index (χ3v) is 6.44. The Bertz CT molecular complexity index is 804. The summed E-state index contributed by atoms with van der Waals surface area (Å²) in [5, 5.41) is 16.5. The van der Waals surface area contributed by atoms with Crippen LogP contribution in [-0.4, -0.2) is 24.0 Å². The van der Waals surface area contributed by atoms with Crippen molar-refractivity contribution < 1.29 is 14.3 Å². The Balaban J connectivity index is 1.75. The van der Waals surface area contributed by atoms with Crippen molar-refractivity contribution in [1.82, 2.24) is 5.32 Å². The molecule has 2 N–H and O–H groups in total. The van der Waals surface area contributed by atoms with Crippen LogP contribution in [-0.2, 0) is 26.3 Å². The van der Waals surface area contributed by atoms with E-state index in [-0.39, 0.29) is 29.6 Å². The monoisotopic (exact) mass is 375 g/mol. The quantitative estimate of drug-likeness (QED) is 0.790. The van der Waals surface area contributed by atoms with E-state index >= 15 is 0 Å². The summed E-state index contributed by atoms with van der Waals surface area (Å²) in [6.45, 7) is 10.0. The molecule has 26 heavy (non-hydrogen) atoms. The van der Waals surface area contributed by atoms with Gasteiger partial charge >= 0.3 is 5.97 Å². The number of hydrogen-bond acceptors (Lipinski definition) is 6. The molecule has 6 nitrogen and oxygen atoms in total. The first-order chi connectivity index (χ1) is 12.0. The summed E-state index contributed by atoms with van der Waals surface area (Å²) < 4.78 is 5.08. The first-order valence-corrected chi connectivity index (χ1v) is 9.68. The predicted octanol–water partition coefficient (Wildman–Crippen LogP) is 2.92. The molecule has 1 aromatic heterocycles. The fourth-order valence-corrected chi connectivity index (χ4v) is 5.03. The van der Waals surface area contributed by atoms with Gasteiger partial charge in [-0.25, -0.2) is 0 Å². The topological polar surface area (TPSA) is 91.2 Å². The van der Waals surface area contributed by atoms with Crippen molar-refractivity contribution in [3.63, 3.8) is 0 Å². The zero-order valence-electron chi connectivity index (χ0n) is 15.9. The minimum Gasteiger partial charge on any atom is -0.455 e. The lowest BCUT2D eigenvalue weighted by molar-refractivity contribution is -0.148. The zero-order valence-corrected chi connectivity index (χ0v) is 16.7. The second kappa shape index (κ2) is 6.36. The van der Waals surface area contributed by atoms with E-state index in [9.17, 15) is 14.9 Å². The van der Waals surface area contributed by atoms with Gasteiger partial charge in [-0.2, -0.15) is 5.26 Å². The van der Waals surface area contributed by atoms with Gasteiger partial charge in [0.25, 0.3) is 5.91 Å². The highest BCUT2D eigenvalue weighted by molar-refractivity contribution is 7.17. The minimum atomic E-state index is -0.410. The molecule has 3 rings (SSSR count). The highest BCUT2D eigenvalue weighted by Gasteiger charge is 2.41. The van der Waals surface area contributed by atoms with Crippen LogP contribution in [0.4, 0.5) is 5.00 Å². The largest absolute Gasteiger partial charge is 0.455 e. The number of esters is 1. The van der Waals surface area contributed by atoms with Crippen molar-refractivity contribution >= 4 is 28.2 Å². The van der Waals surface area contributed by atoms with Crippen LogP contribution in [0.5, 0.6) is 0 Å². The molecule has 0 spiro atoms. The highest BCUT2D eigenvalue weighted by Crippen LogP contribution is 2.44. The SMILES string of the molecule is C[C@@H]1C[C@H]1C(=O)OCC(=O)Nc1sc2c(c1C#N)CC(C)(C)NC2(C)C. The zero-order chi connectivity index (χ0) is 19.3. The molecule has 7 heteroatoms. The average molecular weight is 375 g/mol. The molecule has 1 amide bonds. The van der Waals surface area contributed by atoms with Crippen LogP contribution in [0.2, 0.25) is 0 Å². The van der Waals surface area contributed by atoms with Crippen LogP contribution in [0, 0.1) is 23.2 Å². The van der Waals surface area contributed by atoms with Crippen LogP contribution in [0.1, 0.15) is 57.0 Å². The van der Waals surface area contributed by atoms with Crippen LogP contribution in [0.3, 0.4) is 0 Å². The molecule has 1 aromatic rings. The Morgan fingerprint density at radius 3 is 2.62 bits per heavy atom. The molecule has 2 atom stereocenters. The van der Waals surface area contributed by atoms with Crippen LogP contribution in [0.15, 0.2) is 0 Å². The number of nitriles is 1. The van der Waals surface area contributed by atoms with E-state index < -0.39 is 5.91 Å². The Morgan fingerprint density at radius 2 is 2.04 bits per heavy atom. The standard InChI is InChI=1S/C19H25N3O3S/c1-10-6-11(10)17(24)25-9-14(23)21-16-13(8-20)12-7-18(2,3)22-19(4,5)15(12)26-16/h10-11,22H,6-7,9H2,1-5H3,(H,21,23)/t10-,11-/m1/s1. The minimum absolute atomic E-state index is 0.0689. The smallest absolute Gasteiger partial charge is 0.309 e. The number of hydrogen-bond donors (Lipinski definition) is 2. The summed E-state index contributed by atoms with van der Waals surface area (Å²) in [5.41, 5.74) is 1.08. The lowest BCUT2D eigenvalue weighted by atomic mass is 9.81. The molecule has 0 bridgehead atoms. The van der Waals surface area contributed by atoms with E-state index in [4.69, 9.17) is 4.74 Å². The number of thiophene rings is 1. The second-order valence-electron chi connectivity index (χ2n) is 8.51. The molecule has 2 aliphatic rings. The molecule has 1 fully saturated rings. The predicted molar refractivity (Wildman–Crippen MR) is 99.8 cm³/mol. The normalized spacial score (nSPS) is 24.9. The maximum atomic E-state index is 12.2. The molecule has 1 saturated carbocycles. The van der Waals surface area contributed by atoms with Gasteiger partial charge in [-0.1, -0.05) is 6.92 Å². The van der Waals surface area contributed by atoms with Crippen LogP contribution in [0.25, 0.3) is 0 Å². The van der Waals surface area contributed by atoms with E-state index in [1.165, 1.54) is 11.3 Å². The van der Waals surface area contributed by atoms with Crippen LogP contribution < -0.4 is 10.6 Å². The number of carbonyl (C=O) groups is 2. The number of fused-ring (bicyclic) bond motifs is 1. The van der Waals surface area contributed by atoms with Gasteiger partial charge in [0, 0.05) is 16.0 Å². The van der Waals surface area contributed by atoms with Gasteiger partial charge in [0.05, 0.1) is 11.5 Å². The van der Waals surface area contributed by atoms with Crippen molar-refractivity contribution in [2.24, 2.45) is 11.8 Å². The highest BCUT2D eigenvalue weighted by atomic mass is 32.1. The fourth-order valence-electron chi connectivity index (χ4n) is 3.79. The van der Waals surface area contributed by atoms with Crippen molar-refractivity contribution in [2.75, 3.05) is 11.9 Å². The molecule has 1 aliphatic carbocycles. The molecular formula is C19H25N3O3S. The number of carbonyl (C=O) groups excluding carboxylic acids is 2. The Labute approximate surface area is 157 Å². The second-order valence-corrected chi connectivity index (χ2v) is 9.53. The van der Waals surface area contributed by atoms with Crippen molar-refractivity contribution in [3.05, 3.63) is 16.0 Å². The maximum absolute atomic E-state index is 12.2. The Kier molecular flexibility index (Phi) is 4.62. The third-order valence-electron chi connectivity index (χ3n) is 4.97. The summed E-state index contributed by atoms with van der Waals surface area (Å²) in [5.74, 6) is -0.448. The molecule has 0 radical (unpaired) electrons. The van der Waals surface area contributed by atoms with Gasteiger partial charge < -0.3 is 15.4 Å². The lowest BCUT2D eigenvalue weighted by Crippen LogP contribution is -2.54. The van der Waals surface area contributed by atoms with Gasteiger partial charge in [0.15, 0.2) is 6.61 Å². The summed E-state index contributed by atoms with van der Waals surface area (Å²) in [7, 11) is 0. The van der Waals surface area contributed by atoms with Gasteiger partial charge in [-0.05, 0) is 52.0 Å². The van der Waals surface area contributed by atoms with Crippen molar-refractivity contribution in [1.29, 1.82) is 5.26 Å². The molecule has 1 aliphatic heterocycles. The van der Waals surface area contributed by atoms with E-state index in [0.717, 1.165) is 23.3 Å². The Morgan fingerprint density at radius 1 is 1.38 bits per heavy atom. The molecule has 0 unspecified atom stereocenters. The van der Waals surface area contributed by atoms with Crippen molar-refractivity contribution in [3.8, 4) is 6.07 Å². The van der Waals surface area contributed by atoms with Gasteiger partial charge in [0.2, 0.25) is 0 Å². The number of amides is 1. The fraction of sp³-hybridized carbons (Fsp3) is 0.632. The molecule has 0 aromatic carbocycles. The average Bonchev–Trinajstić information content (AvgIpc) is 3.14. The third kappa shape index (κ3) is 3.62. The van der Waals surface area contributed by atoms with E-state index in [2.05, 4.69) is 44.4 Å². The van der Waals surface area contributed by atoms with E-state index in [1.54, 1.807) is 0 Å². The number of ether oxygens (including phenoxy) is 1. The van der Waals surface area contributed by atoms with Crippen molar-refractivity contribution in [2.45, 2.75) is 58.5 Å². The summed E-state index contributed by atoms with van der Waals surface area (Å²) in [6, 6.07) is 2.24. The number of nitrogens with zero attached hydrogens (tertiary/aromatic N) is 1. The number of nitrogens with one attached hydrogen (secondary N) is 2. The molecule has 140 valence electrons. The number of rotatable bonds is 4. The molecule has 2 heterocycles. The van der Waals surface area contributed by atoms with Crippen LogP contribution >= 0.6 is 11.3 Å². The summed E-state index contributed by atoms with van der Waals surface area (Å²) >= 11 is 1.42. The summed E-state index contributed by atoms with van der Waals surface area (Å²) in [4.78, 5) is 25.0. The molecule has 0 saturated heterocycles. The lowest BCUT2D eigenvalue weighted by Gasteiger charge is -2.42. The van der Waals surface area contributed by atoms with Gasteiger partial charge in [-0.15, -0.1) is 11.3 Å². The Hall–Kier alpha value is -1.91. The summed E-state index contributed by atoms with van der Waals surface area (Å²) in [6.07, 6.45) is 1.55.